The number of thiazole rings is 1. The Morgan fingerprint density at radius 1 is 1.14 bits per heavy atom. The second-order valence-electron chi connectivity index (χ2n) is 10.3. The number of benzene rings is 2. The molecule has 2 N–H and O–H groups in total. The highest BCUT2D eigenvalue weighted by Gasteiger charge is 2.61. The van der Waals surface area contributed by atoms with Gasteiger partial charge in [-0.3, -0.25) is 9.59 Å². The maximum atomic E-state index is 14.3. The van der Waals surface area contributed by atoms with E-state index in [2.05, 4.69) is 4.98 Å². The molecule has 2 aromatic carbocycles. The zero-order valence-corrected chi connectivity index (χ0v) is 22.0. The average Bonchev–Trinajstić information content (AvgIpc) is 3.50. The number of likely N-dealkylation sites (tertiary alicyclic amines) is 1. The summed E-state index contributed by atoms with van der Waals surface area (Å²) in [6.45, 7) is 6.08. The summed E-state index contributed by atoms with van der Waals surface area (Å²) in [5, 5.41) is 22.9. The highest BCUT2D eigenvalue weighted by Crippen LogP contribution is 2.50. The van der Waals surface area contributed by atoms with E-state index in [0.717, 1.165) is 5.56 Å². The van der Waals surface area contributed by atoms with Gasteiger partial charge in [0.2, 0.25) is 0 Å². The van der Waals surface area contributed by atoms with Crippen molar-refractivity contribution >= 4 is 29.2 Å². The lowest BCUT2D eigenvalue weighted by Crippen LogP contribution is -2.55. The first-order valence-corrected chi connectivity index (χ1v) is 12.8. The molecule has 8 nitrogen and oxygen atoms in total. The molecule has 0 bridgehead atoms. The molecule has 1 saturated heterocycles. The maximum absolute atomic E-state index is 14.3. The normalized spacial score (nSPS) is 21.6. The fourth-order valence-corrected chi connectivity index (χ4v) is 5.96. The van der Waals surface area contributed by atoms with Crippen LogP contribution in [0.5, 0.6) is 5.75 Å². The Bertz CT molecular complexity index is 1300. The van der Waals surface area contributed by atoms with Crippen LogP contribution in [0.1, 0.15) is 59.7 Å². The van der Waals surface area contributed by atoms with Gasteiger partial charge < -0.3 is 19.8 Å². The van der Waals surface area contributed by atoms with Crippen molar-refractivity contribution in [2.24, 2.45) is 5.92 Å². The molecule has 1 fully saturated rings. The monoisotopic (exact) mass is 522 g/mol. The van der Waals surface area contributed by atoms with E-state index in [1.165, 1.54) is 29.5 Å². The molecule has 0 saturated carbocycles. The van der Waals surface area contributed by atoms with Crippen molar-refractivity contribution in [3.05, 3.63) is 81.8 Å². The molecule has 0 aliphatic carbocycles. The van der Waals surface area contributed by atoms with Gasteiger partial charge in [0, 0.05) is 23.6 Å². The number of nitrogens with zero attached hydrogens (tertiary/aromatic N) is 2. The maximum Gasteiger partial charge on any atom is 0.330 e. The molecular formula is C28H30N2O6S. The summed E-state index contributed by atoms with van der Waals surface area (Å²) in [7, 11) is 1.52. The van der Waals surface area contributed by atoms with Crippen LogP contribution in [0.4, 0.5) is 0 Å². The molecule has 9 heteroatoms. The van der Waals surface area contributed by atoms with Crippen molar-refractivity contribution in [3.8, 4) is 5.75 Å². The summed E-state index contributed by atoms with van der Waals surface area (Å²) in [4.78, 5) is 45.3. The molecular weight excluding hydrogens is 492 g/mol. The number of aliphatic carboxylic acids is 2. The first kappa shape index (κ1) is 26.3. The standard InChI is InChI=1S/C28H30N2O6S/c1-27(2,3)20-11-10-18(14-21(20)36-4)24(31)30-22(23-29-12-13-37-23)19(25(32)33)16-28(30,26(34)35)15-17-8-6-5-7-9-17/h5-14,19,22H,15-16H2,1-4H3,(H,32,33)(H,34,35)/t19-,22-,28+/m1/s1. The number of hydrogen-bond acceptors (Lipinski definition) is 6. The van der Waals surface area contributed by atoms with Crippen LogP contribution in [0.2, 0.25) is 0 Å². The molecule has 3 aromatic rings. The molecule has 1 aliphatic heterocycles. The van der Waals surface area contributed by atoms with E-state index < -0.39 is 35.3 Å². The fraction of sp³-hybridized carbons (Fsp3) is 0.357. The Morgan fingerprint density at radius 2 is 1.84 bits per heavy atom. The van der Waals surface area contributed by atoms with E-state index in [-0.39, 0.29) is 23.8 Å². The van der Waals surface area contributed by atoms with Crippen LogP contribution in [-0.2, 0) is 21.4 Å². The van der Waals surface area contributed by atoms with Gasteiger partial charge in [0.1, 0.15) is 16.3 Å². The molecule has 1 aliphatic rings. The number of carbonyl (C=O) groups is 3. The van der Waals surface area contributed by atoms with Crippen LogP contribution in [0.3, 0.4) is 0 Å². The number of hydrogen-bond donors (Lipinski definition) is 2. The summed E-state index contributed by atoms with van der Waals surface area (Å²) in [5.41, 5.74) is -0.255. The van der Waals surface area contributed by atoms with E-state index in [1.807, 2.05) is 26.8 Å². The average molecular weight is 523 g/mol. The van der Waals surface area contributed by atoms with Gasteiger partial charge >= 0.3 is 11.9 Å². The van der Waals surface area contributed by atoms with E-state index >= 15 is 0 Å². The minimum absolute atomic E-state index is 0.0439. The smallest absolute Gasteiger partial charge is 0.330 e. The van der Waals surface area contributed by atoms with Crippen molar-refractivity contribution in [1.82, 2.24) is 9.88 Å². The van der Waals surface area contributed by atoms with Gasteiger partial charge in [0.25, 0.3) is 5.91 Å². The summed E-state index contributed by atoms with van der Waals surface area (Å²) in [6.07, 6.45) is 1.23. The Kier molecular flexibility index (Phi) is 7.10. The Morgan fingerprint density at radius 3 is 2.38 bits per heavy atom. The number of carboxylic acids is 2. The third kappa shape index (κ3) is 4.83. The van der Waals surface area contributed by atoms with Gasteiger partial charge in [-0.1, -0.05) is 57.2 Å². The lowest BCUT2D eigenvalue weighted by atomic mass is 9.84. The summed E-state index contributed by atoms with van der Waals surface area (Å²) in [6, 6.07) is 13.0. The summed E-state index contributed by atoms with van der Waals surface area (Å²) in [5.74, 6) is -3.66. The first-order valence-electron chi connectivity index (χ1n) is 11.9. The quantitative estimate of drug-likeness (QED) is 0.458. The summed E-state index contributed by atoms with van der Waals surface area (Å²) < 4.78 is 5.59. The SMILES string of the molecule is COc1cc(C(=O)N2[C@@H](c3nccs3)[C@H](C(=O)O)C[C@@]2(Cc2ccccc2)C(=O)O)ccc1C(C)(C)C. The topological polar surface area (TPSA) is 117 Å². The number of carboxylic acid groups (broad SMARTS) is 2. The van der Waals surface area contributed by atoms with Crippen LogP contribution in [0.25, 0.3) is 0 Å². The van der Waals surface area contributed by atoms with Gasteiger partial charge in [0.05, 0.1) is 19.1 Å². The van der Waals surface area contributed by atoms with Crippen LogP contribution in [0, 0.1) is 5.92 Å². The molecule has 0 unspecified atom stereocenters. The minimum atomic E-state index is -1.80. The zero-order valence-electron chi connectivity index (χ0n) is 21.2. The number of rotatable bonds is 7. The molecule has 0 spiro atoms. The van der Waals surface area contributed by atoms with Gasteiger partial charge in [-0.05, 0) is 35.1 Å². The van der Waals surface area contributed by atoms with E-state index in [1.54, 1.807) is 47.8 Å². The second-order valence-corrected chi connectivity index (χ2v) is 11.2. The van der Waals surface area contributed by atoms with Gasteiger partial charge in [-0.25, -0.2) is 9.78 Å². The number of carbonyl (C=O) groups excluding carboxylic acids is 1. The van der Waals surface area contributed by atoms with Crippen molar-refractivity contribution in [2.45, 2.75) is 50.6 Å². The lowest BCUT2D eigenvalue weighted by molar-refractivity contribution is -0.149. The van der Waals surface area contributed by atoms with E-state index in [4.69, 9.17) is 4.74 Å². The van der Waals surface area contributed by atoms with Crippen LogP contribution in [-0.4, -0.2) is 50.6 Å². The second kappa shape index (κ2) is 9.97. The molecule has 3 atom stereocenters. The molecule has 4 rings (SSSR count). The number of ether oxygens (including phenoxy) is 1. The minimum Gasteiger partial charge on any atom is -0.496 e. The predicted octanol–water partition coefficient (Wildman–Crippen LogP) is 4.80. The lowest BCUT2D eigenvalue weighted by Gasteiger charge is -2.38. The fourth-order valence-electron chi connectivity index (χ4n) is 5.17. The Labute approximate surface area is 219 Å². The van der Waals surface area contributed by atoms with Gasteiger partial charge in [-0.15, -0.1) is 11.3 Å². The van der Waals surface area contributed by atoms with Crippen molar-refractivity contribution in [2.75, 3.05) is 7.11 Å². The van der Waals surface area contributed by atoms with Crippen molar-refractivity contribution in [1.29, 1.82) is 0 Å². The number of methoxy groups -OCH3 is 1. The summed E-state index contributed by atoms with van der Waals surface area (Å²) >= 11 is 1.20. The van der Waals surface area contributed by atoms with E-state index in [9.17, 15) is 24.6 Å². The molecule has 194 valence electrons. The zero-order chi connectivity index (χ0) is 27.0. The largest absolute Gasteiger partial charge is 0.496 e. The molecule has 1 aromatic heterocycles. The van der Waals surface area contributed by atoms with E-state index in [0.29, 0.717) is 16.3 Å². The number of aromatic nitrogens is 1. The number of amides is 1. The van der Waals surface area contributed by atoms with Crippen LogP contribution < -0.4 is 4.74 Å². The predicted molar refractivity (Wildman–Crippen MR) is 139 cm³/mol. The van der Waals surface area contributed by atoms with Crippen molar-refractivity contribution in [3.63, 3.8) is 0 Å². The van der Waals surface area contributed by atoms with Gasteiger partial charge in [0.15, 0.2) is 0 Å². The molecule has 37 heavy (non-hydrogen) atoms. The van der Waals surface area contributed by atoms with Crippen molar-refractivity contribution < 1.29 is 29.3 Å². The third-order valence-electron chi connectivity index (χ3n) is 6.91. The Hall–Kier alpha value is -3.72. The first-order chi connectivity index (χ1) is 17.5. The van der Waals surface area contributed by atoms with Gasteiger partial charge in [-0.2, -0.15) is 0 Å². The van der Waals surface area contributed by atoms with Crippen LogP contribution >= 0.6 is 11.3 Å². The highest BCUT2D eigenvalue weighted by molar-refractivity contribution is 7.09. The Balaban J connectivity index is 1.92. The highest BCUT2D eigenvalue weighted by atomic mass is 32.1. The van der Waals surface area contributed by atoms with Crippen LogP contribution in [0.15, 0.2) is 60.1 Å². The third-order valence-corrected chi connectivity index (χ3v) is 7.76. The molecule has 0 radical (unpaired) electrons. The molecule has 1 amide bonds. The molecule has 2 heterocycles.